The van der Waals surface area contributed by atoms with Gasteiger partial charge in [-0.25, -0.2) is 0 Å². The summed E-state index contributed by atoms with van der Waals surface area (Å²) in [4.78, 5) is 15.7. The summed E-state index contributed by atoms with van der Waals surface area (Å²) in [7, 11) is 0. The lowest BCUT2D eigenvalue weighted by atomic mass is 9.88. The maximum absolute atomic E-state index is 10.6. The number of nitrogens with one attached hydrogen (secondary N) is 2. The highest BCUT2D eigenvalue weighted by Gasteiger charge is 2.34. The fourth-order valence-electron chi connectivity index (χ4n) is 3.08. The lowest BCUT2D eigenvalue weighted by Crippen LogP contribution is -2.47. The van der Waals surface area contributed by atoms with Gasteiger partial charge in [-0.15, -0.1) is 0 Å². The van der Waals surface area contributed by atoms with E-state index in [1.54, 1.807) is 0 Å². The van der Waals surface area contributed by atoms with Gasteiger partial charge in [-0.05, 0) is 38.1 Å². The Labute approximate surface area is 102 Å². The van der Waals surface area contributed by atoms with Gasteiger partial charge in [0, 0.05) is 12.1 Å². The van der Waals surface area contributed by atoms with E-state index in [4.69, 9.17) is 10.6 Å². The molecule has 2 rings (SSSR count). The number of hydrogen-bond acceptors (Lipinski definition) is 4. The molecule has 98 valence electrons. The Hall–Kier alpha value is -0.650. The highest BCUT2D eigenvalue weighted by atomic mass is 16.6. The molecule has 0 spiro atoms. The Morgan fingerprint density at radius 3 is 2.88 bits per heavy atom. The number of primary amides is 1. The number of amides is 1. The molecule has 0 aromatic heterocycles. The first-order valence-electron chi connectivity index (χ1n) is 6.66. The molecule has 1 heterocycles. The molecule has 1 saturated carbocycles. The second-order valence-corrected chi connectivity index (χ2v) is 5.13. The summed E-state index contributed by atoms with van der Waals surface area (Å²) in [5.74, 6) is 0.200. The maximum atomic E-state index is 10.6. The molecule has 5 nitrogen and oxygen atoms in total. The van der Waals surface area contributed by atoms with Crippen molar-refractivity contribution in [3.63, 3.8) is 0 Å². The summed E-state index contributed by atoms with van der Waals surface area (Å²) >= 11 is 0. The number of piperidine rings is 1. The fourth-order valence-corrected chi connectivity index (χ4v) is 3.08. The van der Waals surface area contributed by atoms with E-state index in [1.807, 2.05) is 0 Å². The minimum absolute atomic E-state index is 0.0404. The Morgan fingerprint density at radius 1 is 1.29 bits per heavy atom. The number of carbonyl (C=O) groups excluding carboxylic acids is 1. The predicted molar refractivity (Wildman–Crippen MR) is 65.1 cm³/mol. The van der Waals surface area contributed by atoms with E-state index in [9.17, 15) is 4.79 Å². The summed E-state index contributed by atoms with van der Waals surface area (Å²) < 4.78 is 0. The summed E-state index contributed by atoms with van der Waals surface area (Å²) in [6.45, 7) is 1.09. The fraction of sp³-hybridized carbons (Fsp3) is 0.917. The second kappa shape index (κ2) is 6.33. The molecule has 1 saturated heterocycles. The molecule has 17 heavy (non-hydrogen) atoms. The van der Waals surface area contributed by atoms with Gasteiger partial charge >= 0.3 is 0 Å². The lowest BCUT2D eigenvalue weighted by molar-refractivity contribution is -0.126. The van der Waals surface area contributed by atoms with E-state index in [1.165, 1.54) is 32.1 Å². The van der Waals surface area contributed by atoms with Crippen molar-refractivity contribution in [2.24, 2.45) is 11.7 Å². The van der Waals surface area contributed by atoms with Crippen molar-refractivity contribution in [2.75, 3.05) is 13.2 Å². The average molecular weight is 241 g/mol. The van der Waals surface area contributed by atoms with Crippen molar-refractivity contribution in [1.29, 1.82) is 0 Å². The van der Waals surface area contributed by atoms with Crippen molar-refractivity contribution in [3.8, 4) is 0 Å². The topological polar surface area (TPSA) is 76.4 Å². The third-order valence-electron chi connectivity index (χ3n) is 3.88. The summed E-state index contributed by atoms with van der Waals surface area (Å²) in [5.41, 5.74) is 8.06. The van der Waals surface area contributed by atoms with E-state index >= 15 is 0 Å². The van der Waals surface area contributed by atoms with Crippen molar-refractivity contribution < 1.29 is 9.63 Å². The first-order valence-corrected chi connectivity index (χ1v) is 6.66. The van der Waals surface area contributed by atoms with E-state index < -0.39 is 5.91 Å². The van der Waals surface area contributed by atoms with Crippen LogP contribution in [0.3, 0.4) is 0 Å². The molecule has 1 aliphatic carbocycles. The van der Waals surface area contributed by atoms with Gasteiger partial charge in [0.25, 0.3) is 0 Å². The molecule has 0 aromatic carbocycles. The minimum Gasteiger partial charge on any atom is -0.368 e. The largest absolute Gasteiger partial charge is 0.368 e. The van der Waals surface area contributed by atoms with Gasteiger partial charge in [0.1, 0.15) is 6.61 Å². The van der Waals surface area contributed by atoms with Gasteiger partial charge in [-0.2, -0.15) is 5.48 Å². The average Bonchev–Trinajstić information content (AvgIpc) is 2.78. The van der Waals surface area contributed by atoms with Gasteiger partial charge in [0.15, 0.2) is 0 Å². The molecule has 5 heteroatoms. The van der Waals surface area contributed by atoms with Crippen LogP contribution in [-0.2, 0) is 9.63 Å². The molecule has 2 aliphatic rings. The predicted octanol–water partition coefficient (Wildman–Crippen LogP) is 0.304. The Kier molecular flexibility index (Phi) is 4.76. The quantitative estimate of drug-likeness (QED) is 0.605. The SMILES string of the molecule is NC(=O)CONC1CCCC1C1CCCCN1. The number of rotatable bonds is 5. The molecule has 0 bridgehead atoms. The van der Waals surface area contributed by atoms with Crippen molar-refractivity contribution in [2.45, 2.75) is 50.6 Å². The smallest absolute Gasteiger partial charge is 0.245 e. The minimum atomic E-state index is -0.428. The van der Waals surface area contributed by atoms with Gasteiger partial charge in [-0.1, -0.05) is 12.8 Å². The number of nitrogens with two attached hydrogens (primary N) is 1. The maximum Gasteiger partial charge on any atom is 0.245 e. The zero-order valence-corrected chi connectivity index (χ0v) is 10.3. The van der Waals surface area contributed by atoms with Crippen molar-refractivity contribution >= 4 is 5.91 Å². The third-order valence-corrected chi connectivity index (χ3v) is 3.88. The zero-order chi connectivity index (χ0) is 12.1. The molecule has 0 aromatic rings. The Bertz CT molecular complexity index is 254. The normalized spacial score (nSPS) is 33.8. The Balaban J connectivity index is 1.77. The van der Waals surface area contributed by atoms with Crippen LogP contribution in [0.2, 0.25) is 0 Å². The van der Waals surface area contributed by atoms with Crippen LogP contribution in [0.4, 0.5) is 0 Å². The first-order chi connectivity index (χ1) is 8.27. The van der Waals surface area contributed by atoms with Crippen LogP contribution in [-0.4, -0.2) is 31.1 Å². The van der Waals surface area contributed by atoms with Crippen LogP contribution >= 0.6 is 0 Å². The molecule has 3 atom stereocenters. The summed E-state index contributed by atoms with van der Waals surface area (Å²) in [5, 5.41) is 3.60. The molecule has 1 aliphatic heterocycles. The van der Waals surface area contributed by atoms with Gasteiger partial charge < -0.3 is 11.1 Å². The molecular weight excluding hydrogens is 218 g/mol. The highest BCUT2D eigenvalue weighted by molar-refractivity contribution is 5.74. The number of hydroxylamine groups is 1. The van der Waals surface area contributed by atoms with Crippen LogP contribution < -0.4 is 16.5 Å². The van der Waals surface area contributed by atoms with Crippen LogP contribution in [0.15, 0.2) is 0 Å². The summed E-state index contributed by atoms with van der Waals surface area (Å²) in [6, 6.07) is 0.978. The molecular formula is C12H23N3O2. The number of hydrogen-bond donors (Lipinski definition) is 3. The van der Waals surface area contributed by atoms with Gasteiger partial charge in [-0.3, -0.25) is 9.63 Å². The van der Waals surface area contributed by atoms with Gasteiger partial charge in [0.2, 0.25) is 5.91 Å². The summed E-state index contributed by atoms with van der Waals surface area (Å²) in [6.07, 6.45) is 7.48. The molecule has 4 N–H and O–H groups in total. The van der Waals surface area contributed by atoms with Crippen LogP contribution in [0, 0.1) is 5.92 Å². The standard InChI is InChI=1S/C12H23N3O2/c13-12(16)8-17-15-11-6-3-4-9(11)10-5-1-2-7-14-10/h9-11,14-15H,1-8H2,(H2,13,16). The Morgan fingerprint density at radius 2 is 2.18 bits per heavy atom. The van der Waals surface area contributed by atoms with E-state index in [-0.39, 0.29) is 6.61 Å². The van der Waals surface area contributed by atoms with Crippen LogP contribution in [0.1, 0.15) is 38.5 Å². The third kappa shape index (κ3) is 3.66. The molecule has 2 fully saturated rings. The lowest BCUT2D eigenvalue weighted by Gasteiger charge is -2.32. The van der Waals surface area contributed by atoms with Gasteiger partial charge in [0.05, 0.1) is 0 Å². The van der Waals surface area contributed by atoms with Crippen molar-refractivity contribution in [1.82, 2.24) is 10.8 Å². The first kappa shape index (κ1) is 12.8. The number of carbonyl (C=O) groups is 1. The van der Waals surface area contributed by atoms with E-state index in [2.05, 4.69) is 10.8 Å². The van der Waals surface area contributed by atoms with Crippen LogP contribution in [0.5, 0.6) is 0 Å². The molecule has 1 amide bonds. The van der Waals surface area contributed by atoms with E-state index in [0.717, 1.165) is 13.0 Å². The van der Waals surface area contributed by atoms with Crippen molar-refractivity contribution in [3.05, 3.63) is 0 Å². The second-order valence-electron chi connectivity index (χ2n) is 5.13. The van der Waals surface area contributed by atoms with E-state index in [0.29, 0.717) is 18.0 Å². The monoisotopic (exact) mass is 241 g/mol. The van der Waals surface area contributed by atoms with Crippen LogP contribution in [0.25, 0.3) is 0 Å². The zero-order valence-electron chi connectivity index (χ0n) is 10.3. The molecule has 0 radical (unpaired) electrons. The highest BCUT2D eigenvalue weighted by Crippen LogP contribution is 2.31. The molecule has 3 unspecified atom stereocenters.